The summed E-state index contributed by atoms with van der Waals surface area (Å²) in [6.07, 6.45) is 5.11. The molecule has 4 N–H and O–H groups in total. The van der Waals surface area contributed by atoms with Crippen LogP contribution in [0, 0.1) is 17.3 Å². The van der Waals surface area contributed by atoms with Gasteiger partial charge in [-0.25, -0.2) is 0 Å². The fraction of sp³-hybridized carbons (Fsp3) is 0.947. The molecular formula is C19H37N3O2+2. The highest BCUT2D eigenvalue weighted by Gasteiger charge is 2.60. The van der Waals surface area contributed by atoms with Crippen LogP contribution in [0.1, 0.15) is 46.5 Å². The molecule has 0 aromatic carbocycles. The lowest BCUT2D eigenvalue weighted by Crippen LogP contribution is -3.14. The molecule has 0 aromatic rings. The van der Waals surface area contributed by atoms with Gasteiger partial charge in [0, 0.05) is 12.0 Å². The maximum absolute atomic E-state index is 12.5. The molecule has 2 saturated carbocycles. The summed E-state index contributed by atoms with van der Waals surface area (Å²) in [6.45, 7) is 13.9. The molecule has 3 aliphatic rings. The summed E-state index contributed by atoms with van der Waals surface area (Å²) in [6, 6.07) is 0. The van der Waals surface area contributed by atoms with E-state index in [4.69, 9.17) is 4.74 Å². The zero-order valence-electron chi connectivity index (χ0n) is 15.8. The van der Waals surface area contributed by atoms with Gasteiger partial charge in [-0.1, -0.05) is 13.8 Å². The van der Waals surface area contributed by atoms with Crippen LogP contribution in [0.4, 0.5) is 0 Å². The standard InChI is InChI=1S/C19H35N3O2/c1-18(2)15-5-6-16(13-15)19(18,3)21-17(23)14-20-7-4-8-22-9-11-24-12-10-22/h15-16,20H,4-14H2,1-3H3,(H,21,23)/p+2/t15-,16+,19-/m1/s1. The second-order valence-corrected chi connectivity index (χ2v) is 8.93. The van der Waals surface area contributed by atoms with Crippen molar-refractivity contribution in [1.82, 2.24) is 5.32 Å². The highest BCUT2D eigenvalue weighted by atomic mass is 16.5. The Bertz CT molecular complexity index is 448. The third-order valence-corrected chi connectivity index (χ3v) is 7.48. The molecule has 1 amide bonds. The van der Waals surface area contributed by atoms with Gasteiger partial charge in [-0.05, 0) is 43.4 Å². The van der Waals surface area contributed by atoms with Crippen molar-refractivity contribution in [2.75, 3.05) is 45.9 Å². The third-order valence-electron chi connectivity index (χ3n) is 7.48. The van der Waals surface area contributed by atoms with E-state index in [0.29, 0.717) is 12.5 Å². The van der Waals surface area contributed by atoms with Gasteiger partial charge < -0.3 is 20.3 Å². The second-order valence-electron chi connectivity index (χ2n) is 8.93. The Morgan fingerprint density at radius 1 is 1.21 bits per heavy atom. The molecule has 5 heteroatoms. The number of nitrogens with two attached hydrogens (primary N) is 1. The van der Waals surface area contributed by atoms with E-state index in [-0.39, 0.29) is 16.9 Å². The zero-order chi connectivity index (χ0) is 17.2. The summed E-state index contributed by atoms with van der Waals surface area (Å²) in [5, 5.41) is 5.60. The number of rotatable bonds is 7. The average molecular weight is 340 g/mol. The molecule has 1 saturated heterocycles. The van der Waals surface area contributed by atoms with Crippen LogP contribution in [0.15, 0.2) is 0 Å². The lowest BCUT2D eigenvalue weighted by Gasteiger charge is -2.48. The van der Waals surface area contributed by atoms with Crippen LogP contribution in [0.3, 0.4) is 0 Å². The van der Waals surface area contributed by atoms with Gasteiger partial charge in [0.25, 0.3) is 5.91 Å². The Morgan fingerprint density at radius 3 is 2.58 bits per heavy atom. The summed E-state index contributed by atoms with van der Waals surface area (Å²) in [7, 11) is 0. The Balaban J connectivity index is 1.35. The van der Waals surface area contributed by atoms with E-state index < -0.39 is 0 Å². The Morgan fingerprint density at radius 2 is 1.92 bits per heavy atom. The summed E-state index contributed by atoms with van der Waals surface area (Å²) in [5.74, 6) is 1.68. The van der Waals surface area contributed by atoms with Crippen LogP contribution in [-0.2, 0) is 9.53 Å². The maximum atomic E-state index is 12.5. The van der Waals surface area contributed by atoms with Crippen molar-refractivity contribution < 1.29 is 19.7 Å². The Hall–Kier alpha value is -0.650. The second kappa shape index (κ2) is 7.30. The maximum Gasteiger partial charge on any atom is 0.275 e. The van der Waals surface area contributed by atoms with Crippen molar-refractivity contribution in [2.24, 2.45) is 17.3 Å². The monoisotopic (exact) mass is 339 g/mol. The molecule has 5 nitrogen and oxygen atoms in total. The van der Waals surface area contributed by atoms with Gasteiger partial charge in [0.15, 0.2) is 6.54 Å². The van der Waals surface area contributed by atoms with E-state index >= 15 is 0 Å². The van der Waals surface area contributed by atoms with Crippen LogP contribution in [0.25, 0.3) is 0 Å². The highest BCUT2D eigenvalue weighted by molar-refractivity contribution is 5.77. The van der Waals surface area contributed by atoms with E-state index in [1.165, 1.54) is 32.2 Å². The molecule has 0 radical (unpaired) electrons. The molecule has 0 unspecified atom stereocenters. The van der Waals surface area contributed by atoms with Crippen molar-refractivity contribution in [1.29, 1.82) is 0 Å². The Labute approximate surface area is 146 Å². The van der Waals surface area contributed by atoms with Crippen LogP contribution < -0.4 is 15.5 Å². The quantitative estimate of drug-likeness (QED) is 0.531. The van der Waals surface area contributed by atoms with Gasteiger partial charge in [-0.15, -0.1) is 0 Å². The number of fused-ring (bicyclic) bond motifs is 2. The van der Waals surface area contributed by atoms with Crippen LogP contribution in [0.5, 0.6) is 0 Å². The van der Waals surface area contributed by atoms with E-state index in [1.54, 1.807) is 4.90 Å². The predicted molar refractivity (Wildman–Crippen MR) is 93.8 cm³/mol. The van der Waals surface area contributed by atoms with Crippen molar-refractivity contribution in [2.45, 2.75) is 52.0 Å². The smallest absolute Gasteiger partial charge is 0.275 e. The van der Waals surface area contributed by atoms with E-state index in [2.05, 4.69) is 31.4 Å². The van der Waals surface area contributed by atoms with Gasteiger partial charge in [-0.2, -0.15) is 0 Å². The SMILES string of the molecule is CC1(C)[C@@H]2CC[C@@H](C2)[C@@]1(C)NC(=O)C[NH2+]CCC[NH+]1CCOCC1. The van der Waals surface area contributed by atoms with Gasteiger partial charge in [0.2, 0.25) is 0 Å². The topological polar surface area (TPSA) is 59.4 Å². The largest absolute Gasteiger partial charge is 0.370 e. The molecule has 3 fully saturated rings. The van der Waals surface area contributed by atoms with Crippen molar-refractivity contribution in [3.8, 4) is 0 Å². The number of ether oxygens (including phenoxy) is 1. The minimum absolute atomic E-state index is 0.0151. The fourth-order valence-electron chi connectivity index (χ4n) is 5.35. The normalized spacial score (nSPS) is 35.3. The molecule has 3 rings (SSSR count). The molecule has 2 aliphatic carbocycles. The van der Waals surface area contributed by atoms with Crippen LogP contribution in [-0.4, -0.2) is 57.4 Å². The molecule has 2 bridgehead atoms. The van der Waals surface area contributed by atoms with E-state index in [9.17, 15) is 4.79 Å². The van der Waals surface area contributed by atoms with Gasteiger partial charge in [-0.3, -0.25) is 4.79 Å². The number of amides is 1. The number of quaternary nitrogens is 2. The van der Waals surface area contributed by atoms with Gasteiger partial charge in [0.1, 0.15) is 13.1 Å². The summed E-state index contributed by atoms with van der Waals surface area (Å²) >= 11 is 0. The molecule has 138 valence electrons. The average Bonchev–Trinajstić information content (AvgIpc) is 3.11. The van der Waals surface area contributed by atoms with Gasteiger partial charge in [0.05, 0.1) is 26.3 Å². The number of nitrogens with one attached hydrogen (secondary N) is 2. The van der Waals surface area contributed by atoms with Gasteiger partial charge >= 0.3 is 0 Å². The summed E-state index contributed by atoms with van der Waals surface area (Å²) in [5.41, 5.74) is 0.212. The first-order valence-electron chi connectivity index (χ1n) is 9.97. The summed E-state index contributed by atoms with van der Waals surface area (Å²) < 4.78 is 5.39. The first-order chi connectivity index (χ1) is 11.4. The molecule has 0 aromatic heterocycles. The van der Waals surface area contributed by atoms with Crippen molar-refractivity contribution >= 4 is 5.91 Å². The number of hydrogen-bond donors (Lipinski definition) is 3. The molecular weight excluding hydrogens is 302 g/mol. The summed E-state index contributed by atoms with van der Waals surface area (Å²) in [4.78, 5) is 14.1. The lowest BCUT2D eigenvalue weighted by molar-refractivity contribution is -0.909. The Kier molecular flexibility index (Phi) is 5.52. The molecule has 1 aliphatic heterocycles. The lowest BCUT2D eigenvalue weighted by atomic mass is 9.64. The molecule has 0 spiro atoms. The van der Waals surface area contributed by atoms with E-state index in [0.717, 1.165) is 38.8 Å². The number of carbonyl (C=O) groups excluding carboxylic acids is 1. The fourth-order valence-corrected chi connectivity index (χ4v) is 5.35. The number of morpholine rings is 1. The number of hydrogen-bond acceptors (Lipinski definition) is 2. The molecule has 3 atom stereocenters. The first-order valence-corrected chi connectivity index (χ1v) is 9.97. The van der Waals surface area contributed by atoms with Crippen LogP contribution in [0.2, 0.25) is 0 Å². The first kappa shape index (κ1) is 18.2. The zero-order valence-corrected chi connectivity index (χ0v) is 15.8. The molecule has 1 heterocycles. The molecule has 24 heavy (non-hydrogen) atoms. The minimum atomic E-state index is -0.0151. The minimum Gasteiger partial charge on any atom is -0.370 e. The van der Waals surface area contributed by atoms with Crippen molar-refractivity contribution in [3.63, 3.8) is 0 Å². The van der Waals surface area contributed by atoms with Crippen molar-refractivity contribution in [3.05, 3.63) is 0 Å². The predicted octanol–water partition coefficient (Wildman–Crippen LogP) is -0.814. The third kappa shape index (κ3) is 3.49. The highest BCUT2D eigenvalue weighted by Crippen LogP contribution is 2.61. The van der Waals surface area contributed by atoms with Crippen LogP contribution >= 0.6 is 0 Å². The van der Waals surface area contributed by atoms with E-state index in [1.807, 2.05) is 0 Å². The number of carbonyl (C=O) groups is 1.